The van der Waals surface area contributed by atoms with E-state index in [1.54, 1.807) is 54.6 Å². The number of aromatic nitrogens is 1. The number of benzene rings is 2. The standard InChI is InChI=1S/C23H17ClN2O5/c1-29-20-9-8-14(11-17(20)24)25-22(27)13-31-23(28)16-12-19(21-7-4-10-30-21)26-18-6-3-2-5-15(16)18/h2-12H,13H2,1H3,(H,25,27). The normalized spacial score (nSPS) is 10.6. The number of nitrogens with zero attached hydrogens (tertiary/aromatic N) is 1. The lowest BCUT2D eigenvalue weighted by Gasteiger charge is -2.10. The van der Waals surface area contributed by atoms with E-state index in [2.05, 4.69) is 10.3 Å². The highest BCUT2D eigenvalue weighted by Crippen LogP contribution is 2.28. The third-order valence-electron chi connectivity index (χ3n) is 4.48. The fraction of sp³-hybridized carbons (Fsp3) is 0.0870. The van der Waals surface area contributed by atoms with Crippen molar-refractivity contribution in [1.82, 2.24) is 4.98 Å². The van der Waals surface area contributed by atoms with Gasteiger partial charge in [0.05, 0.1) is 29.5 Å². The number of ether oxygens (including phenoxy) is 2. The number of rotatable bonds is 6. The average molecular weight is 437 g/mol. The van der Waals surface area contributed by atoms with Crippen LogP contribution >= 0.6 is 11.6 Å². The number of halogens is 1. The molecule has 0 aliphatic rings. The molecule has 4 rings (SSSR count). The van der Waals surface area contributed by atoms with Crippen molar-refractivity contribution in [2.24, 2.45) is 0 Å². The molecular formula is C23H17ClN2O5. The average Bonchev–Trinajstić information content (AvgIpc) is 3.32. The van der Waals surface area contributed by atoms with Crippen LogP contribution in [0.3, 0.4) is 0 Å². The summed E-state index contributed by atoms with van der Waals surface area (Å²) in [7, 11) is 1.50. The van der Waals surface area contributed by atoms with Crippen molar-refractivity contribution in [2.75, 3.05) is 19.0 Å². The van der Waals surface area contributed by atoms with Gasteiger partial charge in [-0.15, -0.1) is 0 Å². The Hall–Kier alpha value is -3.84. The topological polar surface area (TPSA) is 90.7 Å². The van der Waals surface area contributed by atoms with Gasteiger partial charge in [-0.2, -0.15) is 0 Å². The first-order valence-electron chi connectivity index (χ1n) is 9.29. The summed E-state index contributed by atoms with van der Waals surface area (Å²) in [6.07, 6.45) is 1.53. The lowest BCUT2D eigenvalue weighted by molar-refractivity contribution is -0.119. The van der Waals surface area contributed by atoms with E-state index in [-0.39, 0.29) is 5.56 Å². The second-order valence-corrected chi connectivity index (χ2v) is 6.93. The molecule has 0 fully saturated rings. The van der Waals surface area contributed by atoms with Gasteiger partial charge in [0.2, 0.25) is 0 Å². The Bertz CT molecular complexity index is 1250. The minimum atomic E-state index is -0.644. The maximum absolute atomic E-state index is 12.8. The van der Waals surface area contributed by atoms with E-state index >= 15 is 0 Å². The van der Waals surface area contributed by atoms with Crippen LogP contribution in [0.2, 0.25) is 5.02 Å². The first-order chi connectivity index (χ1) is 15.0. The second kappa shape index (κ2) is 8.89. The van der Waals surface area contributed by atoms with Gasteiger partial charge >= 0.3 is 5.97 Å². The molecule has 0 saturated carbocycles. The molecule has 1 N–H and O–H groups in total. The number of nitrogens with one attached hydrogen (secondary N) is 1. The molecule has 0 saturated heterocycles. The van der Waals surface area contributed by atoms with Gasteiger partial charge in [0.25, 0.3) is 5.91 Å². The first-order valence-corrected chi connectivity index (χ1v) is 9.67. The second-order valence-electron chi connectivity index (χ2n) is 6.52. The number of hydrogen-bond donors (Lipinski definition) is 1. The van der Waals surface area contributed by atoms with Crippen LogP contribution in [0.5, 0.6) is 5.75 Å². The number of furan rings is 1. The van der Waals surface area contributed by atoms with Crippen molar-refractivity contribution in [1.29, 1.82) is 0 Å². The zero-order chi connectivity index (χ0) is 21.8. The number of methoxy groups -OCH3 is 1. The number of hydrogen-bond acceptors (Lipinski definition) is 6. The van der Waals surface area contributed by atoms with Crippen molar-refractivity contribution in [3.05, 3.63) is 77.5 Å². The number of fused-ring (bicyclic) bond motifs is 1. The maximum Gasteiger partial charge on any atom is 0.339 e. The minimum Gasteiger partial charge on any atom is -0.495 e. The van der Waals surface area contributed by atoms with Gasteiger partial charge in [0, 0.05) is 11.1 Å². The Balaban J connectivity index is 1.50. The van der Waals surface area contributed by atoms with Crippen LogP contribution in [0.15, 0.2) is 71.3 Å². The number of amides is 1. The van der Waals surface area contributed by atoms with Crippen LogP contribution in [0.25, 0.3) is 22.4 Å². The van der Waals surface area contributed by atoms with Gasteiger partial charge in [-0.05, 0) is 42.5 Å². The number of anilines is 1. The van der Waals surface area contributed by atoms with Gasteiger partial charge in [0.1, 0.15) is 11.4 Å². The maximum atomic E-state index is 12.8. The summed E-state index contributed by atoms with van der Waals surface area (Å²) in [4.78, 5) is 29.5. The number of para-hydroxylation sites is 1. The summed E-state index contributed by atoms with van der Waals surface area (Å²) in [5.41, 5.74) is 1.85. The van der Waals surface area contributed by atoms with Gasteiger partial charge in [-0.3, -0.25) is 4.79 Å². The Morgan fingerprint density at radius 2 is 1.94 bits per heavy atom. The van der Waals surface area contributed by atoms with Crippen LogP contribution in [-0.4, -0.2) is 30.6 Å². The zero-order valence-electron chi connectivity index (χ0n) is 16.4. The Morgan fingerprint density at radius 3 is 2.68 bits per heavy atom. The molecule has 0 aliphatic carbocycles. The SMILES string of the molecule is COc1ccc(NC(=O)COC(=O)c2cc(-c3ccco3)nc3ccccc23)cc1Cl. The summed E-state index contributed by atoms with van der Waals surface area (Å²) < 4.78 is 15.7. The summed E-state index contributed by atoms with van der Waals surface area (Å²) in [6, 6.07) is 17.1. The van der Waals surface area contributed by atoms with Crippen molar-refractivity contribution >= 4 is 40.1 Å². The first kappa shape index (κ1) is 20.4. The Kier molecular flexibility index (Phi) is 5.86. The number of carbonyl (C=O) groups excluding carboxylic acids is 2. The van der Waals surface area contributed by atoms with E-state index in [1.165, 1.54) is 13.4 Å². The molecule has 0 unspecified atom stereocenters. The van der Waals surface area contributed by atoms with E-state index in [9.17, 15) is 9.59 Å². The highest BCUT2D eigenvalue weighted by molar-refractivity contribution is 6.32. The van der Waals surface area contributed by atoms with Gasteiger partial charge in [0.15, 0.2) is 12.4 Å². The molecule has 8 heteroatoms. The van der Waals surface area contributed by atoms with Crippen molar-refractivity contribution < 1.29 is 23.5 Å². The fourth-order valence-corrected chi connectivity index (χ4v) is 3.30. The van der Waals surface area contributed by atoms with Crippen LogP contribution in [0.4, 0.5) is 5.69 Å². The van der Waals surface area contributed by atoms with E-state index in [1.807, 2.05) is 6.07 Å². The largest absolute Gasteiger partial charge is 0.495 e. The molecule has 4 aromatic rings. The predicted molar refractivity (Wildman–Crippen MR) is 116 cm³/mol. The molecule has 2 aromatic heterocycles. The van der Waals surface area contributed by atoms with Crippen molar-refractivity contribution in [3.8, 4) is 17.2 Å². The fourth-order valence-electron chi connectivity index (χ4n) is 3.04. The van der Waals surface area contributed by atoms with E-state index in [0.717, 1.165) is 0 Å². The van der Waals surface area contributed by atoms with Crippen molar-refractivity contribution in [3.63, 3.8) is 0 Å². The molecule has 7 nitrogen and oxygen atoms in total. The summed E-state index contributed by atoms with van der Waals surface area (Å²) >= 11 is 6.06. The van der Waals surface area contributed by atoms with Crippen LogP contribution in [0, 0.1) is 0 Å². The Morgan fingerprint density at radius 1 is 1.10 bits per heavy atom. The molecule has 31 heavy (non-hydrogen) atoms. The molecule has 0 bridgehead atoms. The summed E-state index contributed by atoms with van der Waals surface area (Å²) in [5.74, 6) is -0.134. The van der Waals surface area contributed by atoms with Gasteiger partial charge < -0.3 is 19.2 Å². The monoisotopic (exact) mass is 436 g/mol. The number of carbonyl (C=O) groups is 2. The minimum absolute atomic E-state index is 0.289. The molecule has 0 spiro atoms. The van der Waals surface area contributed by atoms with Crippen LogP contribution < -0.4 is 10.1 Å². The van der Waals surface area contributed by atoms with Gasteiger partial charge in [-0.1, -0.05) is 29.8 Å². The molecule has 2 aromatic carbocycles. The Labute approximate surface area is 182 Å². The highest BCUT2D eigenvalue weighted by Gasteiger charge is 2.17. The third-order valence-corrected chi connectivity index (χ3v) is 4.77. The number of esters is 1. The van der Waals surface area contributed by atoms with Crippen LogP contribution in [-0.2, 0) is 9.53 Å². The summed E-state index contributed by atoms with van der Waals surface area (Å²) in [5, 5.41) is 3.60. The van der Waals surface area contributed by atoms with Crippen molar-refractivity contribution in [2.45, 2.75) is 0 Å². The molecule has 2 heterocycles. The summed E-state index contributed by atoms with van der Waals surface area (Å²) in [6.45, 7) is -0.463. The molecule has 0 atom stereocenters. The molecular weight excluding hydrogens is 420 g/mol. The molecule has 156 valence electrons. The number of pyridine rings is 1. The third kappa shape index (κ3) is 4.51. The lowest BCUT2D eigenvalue weighted by atomic mass is 10.1. The quantitative estimate of drug-likeness (QED) is 0.430. The lowest BCUT2D eigenvalue weighted by Crippen LogP contribution is -2.21. The van der Waals surface area contributed by atoms with E-state index in [0.29, 0.717) is 38.8 Å². The highest BCUT2D eigenvalue weighted by atomic mass is 35.5. The van der Waals surface area contributed by atoms with Gasteiger partial charge in [-0.25, -0.2) is 9.78 Å². The van der Waals surface area contributed by atoms with E-state index < -0.39 is 18.5 Å². The molecule has 0 radical (unpaired) electrons. The van der Waals surface area contributed by atoms with E-state index in [4.69, 9.17) is 25.5 Å². The predicted octanol–water partition coefficient (Wildman–Crippen LogP) is 4.95. The zero-order valence-corrected chi connectivity index (χ0v) is 17.2. The van der Waals surface area contributed by atoms with Crippen LogP contribution in [0.1, 0.15) is 10.4 Å². The smallest absolute Gasteiger partial charge is 0.339 e. The molecule has 1 amide bonds. The molecule has 0 aliphatic heterocycles.